The summed E-state index contributed by atoms with van der Waals surface area (Å²) >= 11 is 5.64. The zero-order chi connectivity index (χ0) is 10.4. The largest absolute Gasteiger partial charge is 0.361 e. The predicted molar refractivity (Wildman–Crippen MR) is 57.6 cm³/mol. The number of carbonyl (C=O) groups excluding carboxylic acids is 1. The van der Waals surface area contributed by atoms with Crippen molar-refractivity contribution in [2.24, 2.45) is 17.8 Å². The van der Waals surface area contributed by atoms with E-state index in [9.17, 15) is 4.79 Å². The monoisotopic (exact) mass is 226 g/mol. The van der Waals surface area contributed by atoms with E-state index in [1.54, 1.807) is 0 Å². The van der Waals surface area contributed by atoms with Gasteiger partial charge in [0.05, 0.1) is 12.0 Å². The van der Waals surface area contributed by atoms with Gasteiger partial charge in [-0.05, 0) is 25.2 Å². The van der Waals surface area contributed by atoms with Crippen LogP contribution in [-0.2, 0) is 9.53 Å². The van der Waals surface area contributed by atoms with Crippen LogP contribution in [0.5, 0.6) is 0 Å². The molecule has 3 saturated carbocycles. The fourth-order valence-corrected chi connectivity index (χ4v) is 3.61. The van der Waals surface area contributed by atoms with E-state index in [4.69, 9.17) is 16.3 Å². The number of carbonyl (C=O) groups is 1. The number of alkyl halides is 1. The first-order valence-corrected chi connectivity index (χ1v) is 6.27. The van der Waals surface area contributed by atoms with Crippen molar-refractivity contribution in [1.82, 2.24) is 0 Å². The minimum Gasteiger partial charge on any atom is -0.361 e. The van der Waals surface area contributed by atoms with E-state index in [0.29, 0.717) is 11.7 Å². The van der Waals surface area contributed by atoms with E-state index in [1.165, 1.54) is 12.0 Å². The Morgan fingerprint density at radius 1 is 1.47 bits per heavy atom. The van der Waals surface area contributed by atoms with Crippen LogP contribution < -0.4 is 0 Å². The van der Waals surface area contributed by atoms with Crippen LogP contribution >= 0.6 is 11.6 Å². The van der Waals surface area contributed by atoms with Crippen LogP contribution in [0.1, 0.15) is 25.7 Å². The number of allylic oxidation sites excluding steroid dienone is 1. The topological polar surface area (TPSA) is 26.3 Å². The summed E-state index contributed by atoms with van der Waals surface area (Å²) < 4.78 is 5.58. The second-order valence-electron chi connectivity index (χ2n) is 4.80. The van der Waals surface area contributed by atoms with Crippen molar-refractivity contribution in [3.63, 3.8) is 0 Å². The molecular formula is C12H15ClO2. The molecular weight excluding hydrogens is 212 g/mol. The zero-order valence-corrected chi connectivity index (χ0v) is 9.37. The molecule has 0 aromatic rings. The standard InChI is InChI=1S/C12H15ClO2/c13-6-15-12-7-2-1-3-9-8(5-4-7)10(12)11(9)14/h5,7,9-10,12H,1-4,6H2. The number of fused-ring (bicyclic) bond motifs is 1. The molecule has 82 valence electrons. The van der Waals surface area contributed by atoms with E-state index in [-0.39, 0.29) is 24.0 Å². The van der Waals surface area contributed by atoms with Crippen molar-refractivity contribution in [1.29, 1.82) is 0 Å². The molecule has 2 nitrogen and oxygen atoms in total. The highest BCUT2D eigenvalue weighted by Crippen LogP contribution is 2.51. The van der Waals surface area contributed by atoms with Gasteiger partial charge in [-0.15, -0.1) is 0 Å². The van der Waals surface area contributed by atoms with E-state index < -0.39 is 0 Å². The highest BCUT2D eigenvalue weighted by atomic mass is 35.5. The van der Waals surface area contributed by atoms with Crippen molar-refractivity contribution < 1.29 is 9.53 Å². The third kappa shape index (κ3) is 1.31. The average Bonchev–Trinajstić information content (AvgIpc) is 2.19. The molecule has 5 aliphatic rings. The molecule has 0 amide bonds. The molecule has 5 rings (SSSR count). The van der Waals surface area contributed by atoms with Crippen molar-refractivity contribution in [3.8, 4) is 0 Å². The average molecular weight is 227 g/mol. The molecule has 0 heterocycles. The summed E-state index contributed by atoms with van der Waals surface area (Å²) in [7, 11) is 0. The van der Waals surface area contributed by atoms with Crippen LogP contribution in [0.15, 0.2) is 11.6 Å². The highest BCUT2D eigenvalue weighted by molar-refractivity contribution is 6.17. The minimum atomic E-state index is 0.0628. The van der Waals surface area contributed by atoms with Crippen LogP contribution in [0.2, 0.25) is 0 Å². The lowest BCUT2D eigenvalue weighted by Crippen LogP contribution is -2.53. The second kappa shape index (κ2) is 3.60. The molecule has 5 aliphatic carbocycles. The lowest BCUT2D eigenvalue weighted by molar-refractivity contribution is -0.141. The first-order chi connectivity index (χ1) is 7.33. The Balaban J connectivity index is 1.92. The van der Waals surface area contributed by atoms with E-state index >= 15 is 0 Å². The van der Waals surface area contributed by atoms with Gasteiger partial charge in [-0.2, -0.15) is 0 Å². The molecule has 0 saturated heterocycles. The molecule has 0 spiro atoms. The van der Waals surface area contributed by atoms with Gasteiger partial charge in [0.1, 0.15) is 11.8 Å². The minimum absolute atomic E-state index is 0.0628. The molecule has 3 heteroatoms. The van der Waals surface area contributed by atoms with Crippen LogP contribution in [0.4, 0.5) is 0 Å². The molecule has 0 aromatic carbocycles. The normalized spacial score (nSPS) is 43.0. The van der Waals surface area contributed by atoms with Crippen molar-refractivity contribution in [3.05, 3.63) is 11.6 Å². The molecule has 0 N–H and O–H groups in total. The third-order valence-corrected chi connectivity index (χ3v) is 4.31. The molecule has 4 atom stereocenters. The summed E-state index contributed by atoms with van der Waals surface area (Å²) in [5.41, 5.74) is 1.35. The zero-order valence-electron chi connectivity index (χ0n) is 8.62. The lowest BCUT2D eigenvalue weighted by Gasteiger charge is -2.49. The summed E-state index contributed by atoms with van der Waals surface area (Å²) in [5.74, 6) is 1.22. The van der Waals surface area contributed by atoms with Gasteiger partial charge in [0.15, 0.2) is 0 Å². The number of ether oxygens (including phenoxy) is 1. The number of hydrogen-bond acceptors (Lipinski definition) is 2. The maximum atomic E-state index is 11.9. The maximum absolute atomic E-state index is 11.9. The Morgan fingerprint density at radius 3 is 3.13 bits per heavy atom. The van der Waals surface area contributed by atoms with Gasteiger partial charge in [-0.1, -0.05) is 29.7 Å². The smallest absolute Gasteiger partial charge is 0.149 e. The number of halogens is 1. The maximum Gasteiger partial charge on any atom is 0.149 e. The Bertz CT molecular complexity index is 324. The van der Waals surface area contributed by atoms with Crippen LogP contribution in [0.25, 0.3) is 0 Å². The highest BCUT2D eigenvalue weighted by Gasteiger charge is 2.53. The van der Waals surface area contributed by atoms with Gasteiger partial charge in [-0.25, -0.2) is 0 Å². The second-order valence-corrected chi connectivity index (χ2v) is 5.02. The summed E-state index contributed by atoms with van der Waals surface area (Å²) in [4.78, 5) is 11.9. The number of Topliss-reactive ketones (excluding diaryl/α,β-unsaturated/α-hetero) is 1. The molecule has 3 fully saturated rings. The van der Waals surface area contributed by atoms with Crippen molar-refractivity contribution in [2.75, 3.05) is 6.07 Å². The van der Waals surface area contributed by atoms with Gasteiger partial charge in [0.2, 0.25) is 0 Å². The molecule has 0 aromatic heterocycles. The third-order valence-electron chi connectivity index (χ3n) is 4.18. The Morgan fingerprint density at radius 2 is 2.33 bits per heavy atom. The molecule has 0 radical (unpaired) electrons. The molecule has 0 aliphatic heterocycles. The summed E-state index contributed by atoms with van der Waals surface area (Å²) in [5, 5.41) is 0. The molecule has 4 bridgehead atoms. The van der Waals surface area contributed by atoms with Crippen molar-refractivity contribution in [2.45, 2.75) is 31.8 Å². The summed E-state index contributed by atoms with van der Waals surface area (Å²) in [6.45, 7) is 0. The number of rotatable bonds is 2. The fraction of sp³-hybridized carbons (Fsp3) is 0.750. The van der Waals surface area contributed by atoms with Gasteiger partial charge in [0, 0.05) is 5.92 Å². The number of ketones is 1. The van der Waals surface area contributed by atoms with Gasteiger partial charge in [-0.3, -0.25) is 4.79 Å². The first-order valence-electron chi connectivity index (χ1n) is 5.74. The Labute approximate surface area is 94.6 Å². The van der Waals surface area contributed by atoms with Gasteiger partial charge >= 0.3 is 0 Å². The molecule has 15 heavy (non-hydrogen) atoms. The van der Waals surface area contributed by atoms with Crippen LogP contribution in [0, 0.1) is 17.8 Å². The van der Waals surface area contributed by atoms with Gasteiger partial charge in [0.25, 0.3) is 0 Å². The van der Waals surface area contributed by atoms with Crippen LogP contribution in [-0.4, -0.2) is 18.0 Å². The summed E-state index contributed by atoms with van der Waals surface area (Å²) in [6.07, 6.45) is 6.85. The van der Waals surface area contributed by atoms with E-state index in [0.717, 1.165) is 19.3 Å². The SMILES string of the molecule is O=C1C2CCCC3CC=C2C1C3OCCl. The quantitative estimate of drug-likeness (QED) is 0.534. The Hall–Kier alpha value is -0.340. The van der Waals surface area contributed by atoms with E-state index in [2.05, 4.69) is 6.08 Å². The van der Waals surface area contributed by atoms with Crippen molar-refractivity contribution >= 4 is 17.4 Å². The summed E-state index contributed by atoms with van der Waals surface area (Å²) in [6, 6.07) is 0.211. The first kappa shape index (κ1) is 9.86. The van der Waals surface area contributed by atoms with E-state index in [1.807, 2.05) is 0 Å². The fourth-order valence-electron chi connectivity index (χ4n) is 3.46. The lowest BCUT2D eigenvalue weighted by atomic mass is 9.56. The number of hydrogen-bond donors (Lipinski definition) is 0. The predicted octanol–water partition coefficient (Wildman–Crippen LogP) is 2.51. The Kier molecular flexibility index (Phi) is 2.37. The van der Waals surface area contributed by atoms with Crippen LogP contribution in [0.3, 0.4) is 0 Å². The van der Waals surface area contributed by atoms with Gasteiger partial charge < -0.3 is 4.74 Å². The molecule has 4 unspecified atom stereocenters.